The molecule has 0 aliphatic rings. The number of carbonyl (C=O) groups is 1. The molecule has 0 spiro atoms. The van der Waals surface area contributed by atoms with Crippen molar-refractivity contribution in [2.75, 3.05) is 16.5 Å². The predicted octanol–water partition coefficient (Wildman–Crippen LogP) is 4.87. The second kappa shape index (κ2) is 7.42. The third-order valence-electron chi connectivity index (χ3n) is 3.19. The molecular weight excluding hydrogens is 349 g/mol. The van der Waals surface area contributed by atoms with E-state index in [0.29, 0.717) is 5.69 Å². The van der Waals surface area contributed by atoms with Crippen LogP contribution in [0.3, 0.4) is 0 Å². The molecule has 0 aliphatic heterocycles. The number of nitrogens with zero attached hydrogens (tertiary/aromatic N) is 1. The lowest BCUT2D eigenvalue weighted by Gasteiger charge is -2.04. The molecule has 24 heavy (non-hydrogen) atoms. The SMILES string of the molecule is O=C(CCl)Nc1ccc(-c2csc(Nc3ccc(F)cc3)n2)cc1. The van der Waals surface area contributed by atoms with E-state index >= 15 is 0 Å². The lowest BCUT2D eigenvalue weighted by Crippen LogP contribution is -2.12. The van der Waals surface area contributed by atoms with Gasteiger partial charge in [-0.3, -0.25) is 4.79 Å². The van der Waals surface area contributed by atoms with Crippen molar-refractivity contribution < 1.29 is 9.18 Å². The van der Waals surface area contributed by atoms with Crippen molar-refractivity contribution >= 4 is 45.4 Å². The van der Waals surface area contributed by atoms with Crippen LogP contribution in [0.2, 0.25) is 0 Å². The van der Waals surface area contributed by atoms with Gasteiger partial charge in [-0.1, -0.05) is 12.1 Å². The van der Waals surface area contributed by atoms with Crippen LogP contribution in [0.1, 0.15) is 0 Å². The molecule has 0 fully saturated rings. The fraction of sp³-hybridized carbons (Fsp3) is 0.0588. The minimum atomic E-state index is -0.276. The second-order valence-corrected chi connectivity index (χ2v) is 6.05. The van der Waals surface area contributed by atoms with E-state index in [1.807, 2.05) is 17.5 Å². The normalized spacial score (nSPS) is 10.4. The fourth-order valence-corrected chi connectivity index (χ4v) is 2.85. The number of thiazole rings is 1. The molecule has 1 amide bonds. The highest BCUT2D eigenvalue weighted by atomic mass is 35.5. The van der Waals surface area contributed by atoms with Gasteiger partial charge in [0.1, 0.15) is 11.7 Å². The Kier molecular flexibility index (Phi) is 5.08. The van der Waals surface area contributed by atoms with E-state index in [9.17, 15) is 9.18 Å². The highest BCUT2D eigenvalue weighted by Crippen LogP contribution is 2.28. The van der Waals surface area contributed by atoms with Gasteiger partial charge in [0.25, 0.3) is 0 Å². The van der Waals surface area contributed by atoms with Gasteiger partial charge in [-0.2, -0.15) is 0 Å². The molecule has 1 aromatic heterocycles. The Morgan fingerprint density at radius 3 is 2.42 bits per heavy atom. The number of anilines is 3. The second-order valence-electron chi connectivity index (χ2n) is 4.93. The topological polar surface area (TPSA) is 54.0 Å². The minimum Gasteiger partial charge on any atom is -0.332 e. The average molecular weight is 362 g/mol. The summed E-state index contributed by atoms with van der Waals surface area (Å²) in [7, 11) is 0. The third-order valence-corrected chi connectivity index (χ3v) is 4.19. The zero-order valence-electron chi connectivity index (χ0n) is 12.4. The number of amides is 1. The summed E-state index contributed by atoms with van der Waals surface area (Å²) in [5.74, 6) is -0.600. The van der Waals surface area contributed by atoms with Crippen molar-refractivity contribution in [3.05, 3.63) is 59.7 Å². The Labute approximate surface area is 147 Å². The molecule has 3 rings (SSSR count). The van der Waals surface area contributed by atoms with Gasteiger partial charge in [0, 0.05) is 22.3 Å². The summed E-state index contributed by atoms with van der Waals surface area (Å²) >= 11 is 6.92. The molecule has 0 radical (unpaired) electrons. The predicted molar refractivity (Wildman–Crippen MR) is 96.6 cm³/mol. The Balaban J connectivity index is 1.70. The van der Waals surface area contributed by atoms with Gasteiger partial charge in [-0.15, -0.1) is 22.9 Å². The van der Waals surface area contributed by atoms with Crippen LogP contribution in [0.4, 0.5) is 20.9 Å². The van der Waals surface area contributed by atoms with Crippen molar-refractivity contribution in [1.29, 1.82) is 0 Å². The summed E-state index contributed by atoms with van der Waals surface area (Å²) in [5.41, 5.74) is 3.21. The summed E-state index contributed by atoms with van der Waals surface area (Å²) in [4.78, 5) is 15.8. The lowest BCUT2D eigenvalue weighted by molar-refractivity contribution is -0.113. The summed E-state index contributed by atoms with van der Waals surface area (Å²) in [6, 6.07) is 13.4. The van der Waals surface area contributed by atoms with Crippen LogP contribution >= 0.6 is 22.9 Å². The number of alkyl halides is 1. The molecule has 0 unspecified atom stereocenters. The lowest BCUT2D eigenvalue weighted by atomic mass is 10.1. The first kappa shape index (κ1) is 16.4. The van der Waals surface area contributed by atoms with Crippen molar-refractivity contribution in [3.63, 3.8) is 0 Å². The van der Waals surface area contributed by atoms with Crippen LogP contribution in [0.15, 0.2) is 53.9 Å². The number of benzene rings is 2. The van der Waals surface area contributed by atoms with Crippen LogP contribution in [0.25, 0.3) is 11.3 Å². The van der Waals surface area contributed by atoms with E-state index < -0.39 is 0 Å². The first-order valence-corrected chi connectivity index (χ1v) is 8.50. The highest BCUT2D eigenvalue weighted by molar-refractivity contribution is 7.14. The molecule has 4 nitrogen and oxygen atoms in total. The van der Waals surface area contributed by atoms with Crippen molar-refractivity contribution in [1.82, 2.24) is 4.98 Å². The molecular formula is C17H13ClFN3OS. The smallest absolute Gasteiger partial charge is 0.239 e. The zero-order chi connectivity index (χ0) is 16.9. The van der Waals surface area contributed by atoms with Crippen LogP contribution in [-0.4, -0.2) is 16.8 Å². The molecule has 3 aromatic rings. The quantitative estimate of drug-likeness (QED) is 0.637. The average Bonchev–Trinajstić information content (AvgIpc) is 3.06. The molecule has 1 heterocycles. The number of hydrogen-bond acceptors (Lipinski definition) is 4. The van der Waals surface area contributed by atoms with Crippen molar-refractivity contribution in [2.45, 2.75) is 0 Å². The van der Waals surface area contributed by atoms with E-state index in [-0.39, 0.29) is 17.6 Å². The van der Waals surface area contributed by atoms with Crippen LogP contribution in [-0.2, 0) is 4.79 Å². The highest BCUT2D eigenvalue weighted by Gasteiger charge is 2.06. The standard InChI is InChI=1S/C17H13ClFN3OS/c18-9-16(23)20-13-5-1-11(2-6-13)15-10-24-17(22-15)21-14-7-3-12(19)4-8-14/h1-8,10H,9H2,(H,20,23)(H,21,22). The first-order chi connectivity index (χ1) is 11.6. The van der Waals surface area contributed by atoms with E-state index in [2.05, 4.69) is 15.6 Å². The Morgan fingerprint density at radius 2 is 1.75 bits per heavy atom. The van der Waals surface area contributed by atoms with Gasteiger partial charge in [0.2, 0.25) is 5.91 Å². The maximum Gasteiger partial charge on any atom is 0.239 e. The Hall–Kier alpha value is -2.44. The summed E-state index contributed by atoms with van der Waals surface area (Å²) in [6.45, 7) is 0. The van der Waals surface area contributed by atoms with Gasteiger partial charge in [0.15, 0.2) is 5.13 Å². The molecule has 0 saturated carbocycles. The first-order valence-electron chi connectivity index (χ1n) is 7.08. The van der Waals surface area contributed by atoms with Gasteiger partial charge in [-0.25, -0.2) is 9.37 Å². The minimum absolute atomic E-state index is 0.0771. The summed E-state index contributed by atoms with van der Waals surface area (Å²) < 4.78 is 12.9. The maximum atomic E-state index is 12.9. The largest absolute Gasteiger partial charge is 0.332 e. The summed E-state index contributed by atoms with van der Waals surface area (Å²) in [6.07, 6.45) is 0. The van der Waals surface area contributed by atoms with E-state index in [1.54, 1.807) is 24.3 Å². The summed E-state index contributed by atoms with van der Waals surface area (Å²) in [5, 5.41) is 8.46. The van der Waals surface area contributed by atoms with Crippen LogP contribution < -0.4 is 10.6 Å². The van der Waals surface area contributed by atoms with E-state index in [1.165, 1.54) is 23.5 Å². The van der Waals surface area contributed by atoms with Gasteiger partial charge in [-0.05, 0) is 36.4 Å². The molecule has 2 aromatic carbocycles. The molecule has 0 aliphatic carbocycles. The van der Waals surface area contributed by atoms with Gasteiger partial charge >= 0.3 is 0 Å². The molecule has 0 saturated heterocycles. The van der Waals surface area contributed by atoms with Crippen LogP contribution in [0, 0.1) is 5.82 Å². The maximum absolute atomic E-state index is 12.9. The van der Waals surface area contributed by atoms with Crippen molar-refractivity contribution in [2.24, 2.45) is 0 Å². The number of rotatable bonds is 5. The molecule has 2 N–H and O–H groups in total. The molecule has 0 atom stereocenters. The van der Waals surface area contributed by atoms with E-state index in [0.717, 1.165) is 22.1 Å². The zero-order valence-corrected chi connectivity index (χ0v) is 14.0. The Bertz CT molecular complexity index is 834. The number of aromatic nitrogens is 1. The molecule has 0 bridgehead atoms. The number of hydrogen-bond donors (Lipinski definition) is 2. The number of carbonyl (C=O) groups excluding carboxylic acids is 1. The van der Waals surface area contributed by atoms with Gasteiger partial charge in [0.05, 0.1) is 5.69 Å². The van der Waals surface area contributed by atoms with Gasteiger partial charge < -0.3 is 10.6 Å². The fourth-order valence-electron chi connectivity index (χ4n) is 2.04. The third kappa shape index (κ3) is 4.10. The Morgan fingerprint density at radius 1 is 1.08 bits per heavy atom. The molecule has 7 heteroatoms. The van der Waals surface area contributed by atoms with E-state index in [4.69, 9.17) is 11.6 Å². The van der Waals surface area contributed by atoms with Crippen LogP contribution in [0.5, 0.6) is 0 Å². The molecule has 122 valence electrons. The monoisotopic (exact) mass is 361 g/mol. The number of nitrogens with one attached hydrogen (secondary N) is 2. The van der Waals surface area contributed by atoms with Crippen molar-refractivity contribution in [3.8, 4) is 11.3 Å². The number of halogens is 2.